The summed E-state index contributed by atoms with van der Waals surface area (Å²) < 4.78 is 0. The Balaban J connectivity index is 1.76. The van der Waals surface area contributed by atoms with E-state index in [0.717, 1.165) is 17.7 Å². The van der Waals surface area contributed by atoms with Crippen LogP contribution < -0.4 is 10.2 Å². The first-order valence-corrected chi connectivity index (χ1v) is 6.24. The Morgan fingerprint density at radius 2 is 2.38 bits per heavy atom. The Labute approximate surface area is 96.9 Å². The maximum absolute atomic E-state index is 4.26. The fourth-order valence-electron chi connectivity index (χ4n) is 3.01. The Bertz CT molecular complexity index is 377. The molecular formula is C13H19N3. The van der Waals surface area contributed by atoms with Crippen molar-refractivity contribution in [3.63, 3.8) is 0 Å². The first-order valence-electron chi connectivity index (χ1n) is 6.24. The highest BCUT2D eigenvalue weighted by Crippen LogP contribution is 2.28. The van der Waals surface area contributed by atoms with E-state index < -0.39 is 0 Å². The standard InChI is InChI=1S/C13H19N3/c1-10-8-12(3-6-14-10)16-7-4-13-11(9-16)2-5-15-13/h3,6,8,11,13,15H,2,4-5,7,9H2,1H3. The largest absolute Gasteiger partial charge is 0.371 e. The van der Waals surface area contributed by atoms with Crippen molar-refractivity contribution >= 4 is 5.69 Å². The molecule has 3 heteroatoms. The molecule has 3 rings (SSSR count). The number of pyridine rings is 1. The van der Waals surface area contributed by atoms with E-state index in [1.165, 1.54) is 38.2 Å². The average Bonchev–Trinajstić information content (AvgIpc) is 2.75. The van der Waals surface area contributed by atoms with E-state index in [2.05, 4.69) is 34.3 Å². The molecule has 2 saturated heterocycles. The molecule has 0 spiro atoms. The highest BCUT2D eigenvalue weighted by Gasteiger charge is 2.32. The van der Waals surface area contributed by atoms with Crippen LogP contribution in [0.5, 0.6) is 0 Å². The molecule has 3 nitrogen and oxygen atoms in total. The molecule has 2 fully saturated rings. The zero-order valence-corrected chi connectivity index (χ0v) is 9.82. The van der Waals surface area contributed by atoms with E-state index in [1.54, 1.807) is 0 Å². The van der Waals surface area contributed by atoms with Crippen LogP contribution in [0.25, 0.3) is 0 Å². The minimum atomic E-state index is 0.777. The second kappa shape index (κ2) is 4.06. The maximum Gasteiger partial charge on any atom is 0.0399 e. The quantitative estimate of drug-likeness (QED) is 0.774. The molecule has 0 aliphatic carbocycles. The van der Waals surface area contributed by atoms with Crippen LogP contribution >= 0.6 is 0 Å². The van der Waals surface area contributed by atoms with Gasteiger partial charge in [-0.15, -0.1) is 0 Å². The van der Waals surface area contributed by atoms with Crippen molar-refractivity contribution in [2.45, 2.75) is 25.8 Å². The molecule has 2 atom stereocenters. The van der Waals surface area contributed by atoms with E-state index in [1.807, 2.05) is 6.20 Å². The molecule has 1 N–H and O–H groups in total. The van der Waals surface area contributed by atoms with Crippen molar-refractivity contribution < 1.29 is 0 Å². The van der Waals surface area contributed by atoms with Crippen LogP contribution in [-0.4, -0.2) is 30.7 Å². The van der Waals surface area contributed by atoms with Gasteiger partial charge in [0.25, 0.3) is 0 Å². The van der Waals surface area contributed by atoms with Crippen molar-refractivity contribution in [2.75, 3.05) is 24.5 Å². The third-order valence-corrected chi connectivity index (χ3v) is 3.90. The molecule has 2 aliphatic heterocycles. The van der Waals surface area contributed by atoms with Gasteiger partial charge in [-0.25, -0.2) is 0 Å². The lowest BCUT2D eigenvalue weighted by Gasteiger charge is -2.36. The topological polar surface area (TPSA) is 28.2 Å². The van der Waals surface area contributed by atoms with Crippen molar-refractivity contribution in [3.8, 4) is 0 Å². The molecule has 1 aromatic heterocycles. The summed E-state index contributed by atoms with van der Waals surface area (Å²) in [6.45, 7) is 5.66. The van der Waals surface area contributed by atoms with Crippen LogP contribution in [-0.2, 0) is 0 Å². The molecule has 3 heterocycles. The van der Waals surface area contributed by atoms with Crippen molar-refractivity contribution in [1.29, 1.82) is 0 Å². The number of aryl methyl sites for hydroxylation is 1. The number of piperidine rings is 1. The summed E-state index contributed by atoms with van der Waals surface area (Å²) in [7, 11) is 0. The molecule has 2 unspecified atom stereocenters. The van der Waals surface area contributed by atoms with E-state index in [-0.39, 0.29) is 0 Å². The molecule has 0 bridgehead atoms. The predicted octanol–water partition coefficient (Wildman–Crippen LogP) is 1.58. The van der Waals surface area contributed by atoms with Crippen LogP contribution in [0.2, 0.25) is 0 Å². The zero-order valence-electron chi connectivity index (χ0n) is 9.82. The van der Waals surface area contributed by atoms with Gasteiger partial charge < -0.3 is 10.2 Å². The molecule has 0 saturated carbocycles. The first-order chi connectivity index (χ1) is 7.83. The number of nitrogens with one attached hydrogen (secondary N) is 1. The van der Waals surface area contributed by atoms with Crippen LogP contribution in [0.4, 0.5) is 5.69 Å². The van der Waals surface area contributed by atoms with Crippen molar-refractivity contribution in [2.24, 2.45) is 5.92 Å². The van der Waals surface area contributed by atoms with E-state index in [4.69, 9.17) is 0 Å². The van der Waals surface area contributed by atoms with Crippen LogP contribution in [0, 0.1) is 12.8 Å². The predicted molar refractivity (Wildman–Crippen MR) is 65.7 cm³/mol. The number of fused-ring (bicyclic) bond motifs is 1. The highest BCUT2D eigenvalue weighted by molar-refractivity contribution is 5.47. The lowest BCUT2D eigenvalue weighted by molar-refractivity contribution is 0.376. The summed E-state index contributed by atoms with van der Waals surface area (Å²) in [5, 5.41) is 3.60. The molecule has 2 aliphatic rings. The molecule has 86 valence electrons. The number of hydrogen-bond donors (Lipinski definition) is 1. The Hall–Kier alpha value is -1.09. The number of aromatic nitrogens is 1. The summed E-state index contributed by atoms with van der Waals surface area (Å²) in [5.41, 5.74) is 2.46. The SMILES string of the molecule is Cc1cc(N2CCC3NCCC3C2)ccn1. The molecular weight excluding hydrogens is 198 g/mol. The number of anilines is 1. The van der Waals surface area contributed by atoms with Gasteiger partial charge in [0.1, 0.15) is 0 Å². The minimum absolute atomic E-state index is 0.777. The summed E-state index contributed by atoms with van der Waals surface area (Å²) in [6, 6.07) is 5.11. The normalized spacial score (nSPS) is 29.2. The van der Waals surface area contributed by atoms with Crippen molar-refractivity contribution in [3.05, 3.63) is 24.0 Å². The van der Waals surface area contributed by atoms with Crippen LogP contribution in [0.3, 0.4) is 0 Å². The first kappa shape index (κ1) is 10.1. The van der Waals surface area contributed by atoms with E-state index in [9.17, 15) is 0 Å². The third-order valence-electron chi connectivity index (χ3n) is 3.90. The van der Waals surface area contributed by atoms with Crippen LogP contribution in [0.1, 0.15) is 18.5 Å². The molecule has 0 radical (unpaired) electrons. The fraction of sp³-hybridized carbons (Fsp3) is 0.615. The smallest absolute Gasteiger partial charge is 0.0399 e. The van der Waals surface area contributed by atoms with Gasteiger partial charge in [0.15, 0.2) is 0 Å². The lowest BCUT2D eigenvalue weighted by Crippen LogP contribution is -2.44. The number of hydrogen-bond acceptors (Lipinski definition) is 3. The maximum atomic E-state index is 4.26. The minimum Gasteiger partial charge on any atom is -0.371 e. The molecule has 1 aromatic rings. The van der Waals surface area contributed by atoms with Crippen molar-refractivity contribution in [1.82, 2.24) is 10.3 Å². The average molecular weight is 217 g/mol. The second-order valence-electron chi connectivity index (χ2n) is 5.00. The summed E-state index contributed by atoms with van der Waals surface area (Å²) in [4.78, 5) is 6.78. The summed E-state index contributed by atoms with van der Waals surface area (Å²) in [5.74, 6) is 0.849. The van der Waals surface area contributed by atoms with Gasteiger partial charge in [-0.3, -0.25) is 4.98 Å². The Morgan fingerprint density at radius 3 is 3.25 bits per heavy atom. The number of nitrogens with zero attached hydrogens (tertiary/aromatic N) is 2. The summed E-state index contributed by atoms with van der Waals surface area (Å²) >= 11 is 0. The van der Waals surface area contributed by atoms with E-state index >= 15 is 0 Å². The van der Waals surface area contributed by atoms with Gasteiger partial charge in [0, 0.05) is 36.7 Å². The Kier molecular flexibility index (Phi) is 2.56. The van der Waals surface area contributed by atoms with Crippen LogP contribution in [0.15, 0.2) is 18.3 Å². The summed E-state index contributed by atoms with van der Waals surface area (Å²) in [6.07, 6.45) is 4.54. The van der Waals surface area contributed by atoms with Gasteiger partial charge >= 0.3 is 0 Å². The van der Waals surface area contributed by atoms with Gasteiger partial charge in [0.05, 0.1) is 0 Å². The second-order valence-corrected chi connectivity index (χ2v) is 5.00. The molecule has 0 aromatic carbocycles. The third kappa shape index (κ3) is 1.80. The Morgan fingerprint density at radius 1 is 1.44 bits per heavy atom. The highest BCUT2D eigenvalue weighted by atomic mass is 15.2. The number of rotatable bonds is 1. The van der Waals surface area contributed by atoms with Gasteiger partial charge in [-0.05, 0) is 44.4 Å². The fourth-order valence-corrected chi connectivity index (χ4v) is 3.01. The molecule has 0 amide bonds. The monoisotopic (exact) mass is 217 g/mol. The van der Waals surface area contributed by atoms with Gasteiger partial charge in [-0.1, -0.05) is 0 Å². The van der Waals surface area contributed by atoms with Gasteiger partial charge in [-0.2, -0.15) is 0 Å². The lowest BCUT2D eigenvalue weighted by atomic mass is 9.93. The van der Waals surface area contributed by atoms with Gasteiger partial charge in [0.2, 0.25) is 0 Å². The molecule has 16 heavy (non-hydrogen) atoms. The zero-order chi connectivity index (χ0) is 11.0. The van der Waals surface area contributed by atoms with E-state index in [0.29, 0.717) is 0 Å².